The summed E-state index contributed by atoms with van der Waals surface area (Å²) in [4.78, 5) is 16.3. The number of nitrogens with zero attached hydrogens (tertiary/aromatic N) is 2. The van der Waals surface area contributed by atoms with Crippen LogP contribution < -0.4 is 10.1 Å². The average Bonchev–Trinajstić information content (AvgIpc) is 3.43. The van der Waals surface area contributed by atoms with Crippen molar-refractivity contribution in [2.45, 2.75) is 58.7 Å². The Balaban J connectivity index is 1.49. The summed E-state index contributed by atoms with van der Waals surface area (Å²) in [5.74, 6) is 2.00. The second kappa shape index (κ2) is 7.37. The first-order valence-electron chi connectivity index (χ1n) is 11.4. The molecule has 2 aliphatic carbocycles. The molecule has 31 heavy (non-hydrogen) atoms. The van der Waals surface area contributed by atoms with Gasteiger partial charge in [-0.2, -0.15) is 0 Å². The van der Waals surface area contributed by atoms with Crippen molar-refractivity contribution in [1.82, 2.24) is 14.9 Å². The van der Waals surface area contributed by atoms with E-state index in [9.17, 15) is 4.79 Å². The number of imidazole rings is 1. The van der Waals surface area contributed by atoms with Crippen molar-refractivity contribution >= 4 is 5.91 Å². The van der Waals surface area contributed by atoms with Gasteiger partial charge < -0.3 is 19.4 Å². The van der Waals surface area contributed by atoms with E-state index in [4.69, 9.17) is 9.47 Å². The Morgan fingerprint density at radius 2 is 2.23 bits per heavy atom. The molecule has 5 atom stereocenters. The molecule has 1 N–H and O–H groups in total. The van der Waals surface area contributed by atoms with E-state index in [2.05, 4.69) is 46.9 Å². The fraction of sp³-hybridized carbons (Fsp3) is 0.600. The molecular formula is C25H33N3O3. The van der Waals surface area contributed by atoms with E-state index in [0.29, 0.717) is 18.4 Å². The molecule has 1 saturated heterocycles. The summed E-state index contributed by atoms with van der Waals surface area (Å²) in [5.41, 5.74) is 2.58. The van der Waals surface area contributed by atoms with Crippen molar-refractivity contribution in [2.24, 2.45) is 22.7 Å². The highest BCUT2D eigenvalue weighted by Gasteiger charge is 2.68. The highest BCUT2D eigenvalue weighted by atomic mass is 16.5. The van der Waals surface area contributed by atoms with Gasteiger partial charge in [-0.05, 0) is 59.6 Å². The van der Waals surface area contributed by atoms with Crippen molar-refractivity contribution in [3.63, 3.8) is 0 Å². The third kappa shape index (κ3) is 3.18. The third-order valence-corrected chi connectivity index (χ3v) is 8.40. The number of methoxy groups -OCH3 is 1. The minimum atomic E-state index is 0.0542. The fourth-order valence-electron chi connectivity index (χ4n) is 7.00. The fourth-order valence-corrected chi connectivity index (χ4v) is 7.00. The summed E-state index contributed by atoms with van der Waals surface area (Å²) in [6.45, 7) is 7.78. The lowest BCUT2D eigenvalue weighted by Crippen LogP contribution is -2.58. The van der Waals surface area contributed by atoms with Crippen LogP contribution in [0.15, 0.2) is 36.9 Å². The molecule has 6 heteroatoms. The molecule has 2 heterocycles. The van der Waals surface area contributed by atoms with E-state index in [0.717, 1.165) is 30.8 Å². The summed E-state index contributed by atoms with van der Waals surface area (Å²) >= 11 is 0. The van der Waals surface area contributed by atoms with Crippen LogP contribution in [0.4, 0.5) is 0 Å². The molecule has 166 valence electrons. The first-order chi connectivity index (χ1) is 14.8. The van der Waals surface area contributed by atoms with Crippen LogP contribution in [0.5, 0.6) is 5.75 Å². The minimum absolute atomic E-state index is 0.0542. The molecule has 2 bridgehead atoms. The predicted molar refractivity (Wildman–Crippen MR) is 118 cm³/mol. The van der Waals surface area contributed by atoms with E-state index in [-0.39, 0.29) is 28.9 Å². The number of rotatable bonds is 5. The molecule has 3 aliphatic rings. The zero-order chi connectivity index (χ0) is 21.8. The van der Waals surface area contributed by atoms with Gasteiger partial charge in [-0.25, -0.2) is 4.98 Å². The van der Waals surface area contributed by atoms with Crippen LogP contribution in [0.2, 0.25) is 0 Å². The standard InChI is InChI=1S/C25H33N3O3/c1-16(29)27-23-24(2,3)19-12-20-22(31-10-7-25(20,23)13-19)17-5-6-21(30-4)18(11-17)14-28-9-8-26-15-28/h5-6,8-9,11,15,19-20,22-23H,7,10,12-14H2,1-4H3,(H,27,29)/t19-,20-,22-,23+,25?/m1/s1. The summed E-state index contributed by atoms with van der Waals surface area (Å²) in [6.07, 6.45) is 9.02. The van der Waals surface area contributed by atoms with Crippen molar-refractivity contribution in [1.29, 1.82) is 0 Å². The Morgan fingerprint density at radius 3 is 2.94 bits per heavy atom. The number of carbonyl (C=O) groups is 1. The minimum Gasteiger partial charge on any atom is -0.496 e. The van der Waals surface area contributed by atoms with Gasteiger partial charge >= 0.3 is 0 Å². The number of hydrogen-bond acceptors (Lipinski definition) is 4. The lowest BCUT2D eigenvalue weighted by molar-refractivity contribution is -0.136. The number of carbonyl (C=O) groups excluding carboxylic acids is 1. The summed E-state index contributed by atoms with van der Waals surface area (Å²) in [7, 11) is 1.72. The molecule has 1 aromatic heterocycles. The lowest BCUT2D eigenvalue weighted by atomic mass is 9.59. The Labute approximate surface area is 184 Å². The Bertz CT molecular complexity index is 970. The molecule has 2 saturated carbocycles. The number of aromatic nitrogens is 2. The normalized spacial score (nSPS) is 33.2. The van der Waals surface area contributed by atoms with Gasteiger partial charge in [0.2, 0.25) is 5.91 Å². The van der Waals surface area contributed by atoms with Crippen molar-refractivity contribution in [2.75, 3.05) is 13.7 Å². The molecular weight excluding hydrogens is 390 g/mol. The number of amides is 1. The molecule has 3 fully saturated rings. The molecule has 1 aliphatic heterocycles. The maximum Gasteiger partial charge on any atom is 0.217 e. The molecule has 1 amide bonds. The van der Waals surface area contributed by atoms with Crippen LogP contribution in [0, 0.1) is 22.7 Å². The summed E-state index contributed by atoms with van der Waals surface area (Å²) in [5, 5.41) is 3.36. The van der Waals surface area contributed by atoms with E-state index >= 15 is 0 Å². The van der Waals surface area contributed by atoms with Gasteiger partial charge in [0.25, 0.3) is 0 Å². The Kier molecular flexibility index (Phi) is 4.88. The number of hydrogen-bond donors (Lipinski definition) is 1. The van der Waals surface area contributed by atoms with Gasteiger partial charge in [0.05, 0.1) is 26.1 Å². The van der Waals surface area contributed by atoms with Gasteiger partial charge in [0, 0.05) is 37.5 Å². The maximum absolute atomic E-state index is 12.1. The summed E-state index contributed by atoms with van der Waals surface area (Å²) in [6, 6.07) is 6.67. The van der Waals surface area contributed by atoms with Gasteiger partial charge in [0.1, 0.15) is 5.75 Å². The van der Waals surface area contributed by atoms with Gasteiger partial charge in [0.15, 0.2) is 0 Å². The average molecular weight is 424 g/mol. The Morgan fingerprint density at radius 1 is 1.39 bits per heavy atom. The molecule has 1 aromatic carbocycles. The molecule has 1 spiro atoms. The molecule has 2 aromatic rings. The third-order valence-electron chi connectivity index (χ3n) is 8.40. The van der Waals surface area contributed by atoms with Crippen LogP contribution in [0.25, 0.3) is 0 Å². The molecule has 6 nitrogen and oxygen atoms in total. The molecule has 0 radical (unpaired) electrons. The van der Waals surface area contributed by atoms with Crippen LogP contribution in [0.3, 0.4) is 0 Å². The smallest absolute Gasteiger partial charge is 0.217 e. The van der Waals surface area contributed by atoms with Crippen molar-refractivity contribution in [3.05, 3.63) is 48.0 Å². The van der Waals surface area contributed by atoms with E-state index in [1.807, 2.05) is 12.5 Å². The topological polar surface area (TPSA) is 65.4 Å². The second-order valence-electron chi connectivity index (χ2n) is 10.3. The SMILES string of the molecule is COc1ccc([C@H]2OCCC34C[C@@H](C[C@H]23)C(C)(C)[C@@H]4NC(C)=O)cc1Cn1ccnc1. The van der Waals surface area contributed by atoms with E-state index in [1.165, 1.54) is 12.0 Å². The van der Waals surface area contributed by atoms with Crippen LogP contribution in [-0.4, -0.2) is 35.2 Å². The lowest BCUT2D eigenvalue weighted by Gasteiger charge is -2.53. The number of nitrogens with one attached hydrogen (secondary N) is 1. The quantitative estimate of drug-likeness (QED) is 0.791. The molecule has 1 unspecified atom stereocenters. The van der Waals surface area contributed by atoms with Crippen LogP contribution >= 0.6 is 0 Å². The van der Waals surface area contributed by atoms with Gasteiger partial charge in [-0.15, -0.1) is 0 Å². The molecule has 5 rings (SSSR count). The largest absolute Gasteiger partial charge is 0.496 e. The highest BCUT2D eigenvalue weighted by Crippen LogP contribution is 2.70. The Hall–Kier alpha value is -2.34. The van der Waals surface area contributed by atoms with Crippen molar-refractivity contribution < 1.29 is 14.3 Å². The zero-order valence-corrected chi connectivity index (χ0v) is 18.9. The first kappa shape index (κ1) is 20.6. The van der Waals surface area contributed by atoms with Crippen LogP contribution in [-0.2, 0) is 16.1 Å². The number of ether oxygens (including phenoxy) is 2. The van der Waals surface area contributed by atoms with E-state index < -0.39 is 0 Å². The zero-order valence-electron chi connectivity index (χ0n) is 18.9. The maximum atomic E-state index is 12.1. The van der Waals surface area contributed by atoms with E-state index in [1.54, 1.807) is 20.2 Å². The summed E-state index contributed by atoms with van der Waals surface area (Å²) < 4.78 is 14.1. The monoisotopic (exact) mass is 423 g/mol. The predicted octanol–water partition coefficient (Wildman–Crippen LogP) is 3.96. The van der Waals surface area contributed by atoms with Crippen molar-refractivity contribution in [3.8, 4) is 5.75 Å². The van der Waals surface area contributed by atoms with Gasteiger partial charge in [-0.1, -0.05) is 19.9 Å². The number of fused-ring (bicyclic) bond motifs is 1. The second-order valence-corrected chi connectivity index (χ2v) is 10.3. The van der Waals surface area contributed by atoms with Crippen LogP contribution in [0.1, 0.15) is 57.3 Å². The van der Waals surface area contributed by atoms with Gasteiger partial charge in [-0.3, -0.25) is 4.79 Å². The highest BCUT2D eigenvalue weighted by molar-refractivity contribution is 5.73. The first-order valence-corrected chi connectivity index (χ1v) is 11.4. The number of benzene rings is 1.